The average Bonchev–Trinajstić information content (AvgIpc) is 3.10. The molecule has 1 aliphatic rings. The highest BCUT2D eigenvalue weighted by atomic mass is 16.5. The second-order valence-corrected chi connectivity index (χ2v) is 4.88. The van der Waals surface area contributed by atoms with Crippen molar-refractivity contribution >= 4 is 0 Å². The molecule has 0 saturated heterocycles. The summed E-state index contributed by atoms with van der Waals surface area (Å²) < 4.78 is 5.16. The summed E-state index contributed by atoms with van der Waals surface area (Å²) in [5, 5.41) is 14.0. The minimum Gasteiger partial charge on any atom is -0.388 e. The second kappa shape index (κ2) is 4.90. The Morgan fingerprint density at radius 1 is 1.28 bits per heavy atom. The van der Waals surface area contributed by atoms with Crippen LogP contribution in [0.25, 0.3) is 0 Å². The van der Waals surface area contributed by atoms with Crippen LogP contribution in [-0.2, 0) is 12.8 Å². The van der Waals surface area contributed by atoms with Crippen LogP contribution in [0.4, 0.5) is 0 Å². The average molecular weight is 244 g/mol. The first-order chi connectivity index (χ1) is 8.81. The van der Waals surface area contributed by atoms with Gasteiger partial charge in [0.2, 0.25) is 5.89 Å². The Kier molecular flexibility index (Phi) is 3.11. The zero-order valence-electron chi connectivity index (χ0n) is 10.1. The fourth-order valence-electron chi connectivity index (χ4n) is 1.99. The largest absolute Gasteiger partial charge is 0.388 e. The molecule has 4 nitrogen and oxygen atoms in total. The van der Waals surface area contributed by atoms with Gasteiger partial charge in [0, 0.05) is 6.42 Å². The number of nitrogens with zero attached hydrogens (tertiary/aromatic N) is 2. The van der Waals surface area contributed by atoms with E-state index in [2.05, 4.69) is 10.1 Å². The van der Waals surface area contributed by atoms with E-state index in [9.17, 15) is 5.11 Å². The monoisotopic (exact) mass is 244 g/mol. The van der Waals surface area contributed by atoms with Crippen molar-refractivity contribution in [1.82, 2.24) is 10.1 Å². The molecule has 0 amide bonds. The quantitative estimate of drug-likeness (QED) is 0.876. The number of hydrogen-bond acceptors (Lipinski definition) is 4. The maximum atomic E-state index is 10.0. The van der Waals surface area contributed by atoms with Gasteiger partial charge in [0.15, 0.2) is 5.82 Å². The fourth-order valence-corrected chi connectivity index (χ4v) is 1.99. The van der Waals surface area contributed by atoms with Gasteiger partial charge in [0.25, 0.3) is 0 Å². The van der Waals surface area contributed by atoms with Crippen molar-refractivity contribution < 1.29 is 9.63 Å². The Hall–Kier alpha value is -1.68. The van der Waals surface area contributed by atoms with Gasteiger partial charge in [-0.25, -0.2) is 0 Å². The maximum Gasteiger partial charge on any atom is 0.229 e. The third-order valence-electron chi connectivity index (χ3n) is 3.23. The molecule has 1 aliphatic carbocycles. The molecule has 1 aromatic carbocycles. The Labute approximate surface area is 106 Å². The molecule has 1 atom stereocenters. The number of hydrogen-bond donors (Lipinski definition) is 1. The highest BCUT2D eigenvalue weighted by Crippen LogP contribution is 2.31. The molecular weight excluding hydrogens is 228 g/mol. The highest BCUT2D eigenvalue weighted by molar-refractivity contribution is 5.18. The summed E-state index contributed by atoms with van der Waals surface area (Å²) in [6.45, 7) is 0. The highest BCUT2D eigenvalue weighted by Gasteiger charge is 2.24. The topological polar surface area (TPSA) is 59.2 Å². The second-order valence-electron chi connectivity index (χ2n) is 4.88. The Bertz CT molecular complexity index is 506. The molecule has 18 heavy (non-hydrogen) atoms. The molecule has 94 valence electrons. The van der Waals surface area contributed by atoms with E-state index in [1.807, 2.05) is 30.3 Å². The molecule has 1 saturated carbocycles. The molecular formula is C14H16N2O2. The van der Waals surface area contributed by atoms with Gasteiger partial charge in [-0.1, -0.05) is 35.5 Å². The molecule has 1 heterocycles. The van der Waals surface area contributed by atoms with Crippen molar-refractivity contribution in [3.8, 4) is 0 Å². The van der Waals surface area contributed by atoms with E-state index in [1.165, 1.54) is 12.8 Å². The third-order valence-corrected chi connectivity index (χ3v) is 3.23. The van der Waals surface area contributed by atoms with Crippen LogP contribution in [0.5, 0.6) is 0 Å². The molecule has 0 bridgehead atoms. The van der Waals surface area contributed by atoms with Crippen molar-refractivity contribution in [1.29, 1.82) is 0 Å². The predicted molar refractivity (Wildman–Crippen MR) is 65.8 cm³/mol. The van der Waals surface area contributed by atoms with Crippen LogP contribution in [0.2, 0.25) is 0 Å². The van der Waals surface area contributed by atoms with Crippen molar-refractivity contribution in [2.75, 3.05) is 0 Å². The minimum atomic E-state index is -0.583. The van der Waals surface area contributed by atoms with Gasteiger partial charge in [-0.05, 0) is 24.3 Å². The van der Waals surface area contributed by atoms with Crippen LogP contribution in [-0.4, -0.2) is 15.2 Å². The molecule has 3 rings (SSSR count). The summed E-state index contributed by atoms with van der Waals surface area (Å²) in [4.78, 5) is 4.32. The molecule has 2 aromatic rings. The lowest BCUT2D eigenvalue weighted by atomic mass is 10.1. The molecule has 4 heteroatoms. The van der Waals surface area contributed by atoms with E-state index in [1.54, 1.807) is 0 Å². The van der Waals surface area contributed by atoms with Crippen LogP contribution in [0.1, 0.15) is 36.2 Å². The first-order valence-corrected chi connectivity index (χ1v) is 6.36. The predicted octanol–water partition coefficient (Wildman–Crippen LogP) is 2.30. The summed E-state index contributed by atoms with van der Waals surface area (Å²) >= 11 is 0. The minimum absolute atomic E-state index is 0.377. The number of benzene rings is 1. The van der Waals surface area contributed by atoms with Crippen molar-refractivity contribution in [3.05, 3.63) is 47.6 Å². The summed E-state index contributed by atoms with van der Waals surface area (Å²) in [7, 11) is 0. The van der Waals surface area contributed by atoms with Crippen molar-refractivity contribution in [2.24, 2.45) is 5.92 Å². The number of aliphatic hydroxyl groups excluding tert-OH is 1. The van der Waals surface area contributed by atoms with E-state index in [0.29, 0.717) is 12.3 Å². The first kappa shape index (κ1) is 11.4. The van der Waals surface area contributed by atoms with Crippen LogP contribution < -0.4 is 0 Å². The summed E-state index contributed by atoms with van der Waals surface area (Å²) in [5.74, 6) is 2.03. The molecule has 0 aliphatic heterocycles. The van der Waals surface area contributed by atoms with E-state index in [0.717, 1.165) is 23.7 Å². The summed E-state index contributed by atoms with van der Waals surface area (Å²) in [5.41, 5.74) is 0.874. The Balaban J connectivity index is 1.63. The zero-order valence-corrected chi connectivity index (χ0v) is 10.1. The lowest BCUT2D eigenvalue weighted by Gasteiger charge is -2.07. The van der Waals surface area contributed by atoms with Gasteiger partial charge < -0.3 is 9.63 Å². The van der Waals surface area contributed by atoms with Gasteiger partial charge in [0.05, 0.1) is 12.5 Å². The lowest BCUT2D eigenvalue weighted by molar-refractivity contribution is 0.164. The molecule has 0 spiro atoms. The molecule has 1 aromatic heterocycles. The van der Waals surface area contributed by atoms with E-state index >= 15 is 0 Å². The number of rotatable bonds is 5. The third kappa shape index (κ3) is 2.76. The fraction of sp³-hybridized carbons (Fsp3) is 0.429. The normalized spacial score (nSPS) is 16.7. The van der Waals surface area contributed by atoms with Crippen LogP contribution in [0.3, 0.4) is 0 Å². The van der Waals surface area contributed by atoms with Crippen LogP contribution >= 0.6 is 0 Å². The van der Waals surface area contributed by atoms with Gasteiger partial charge in [-0.3, -0.25) is 0 Å². The van der Waals surface area contributed by atoms with Crippen LogP contribution in [0, 0.1) is 5.92 Å². The zero-order chi connectivity index (χ0) is 12.4. The molecule has 0 radical (unpaired) electrons. The number of aromatic nitrogens is 2. The van der Waals surface area contributed by atoms with Gasteiger partial charge in [-0.2, -0.15) is 4.98 Å². The van der Waals surface area contributed by atoms with Gasteiger partial charge in [-0.15, -0.1) is 0 Å². The summed E-state index contributed by atoms with van der Waals surface area (Å²) in [6, 6.07) is 9.53. The SMILES string of the molecule is OC(Cc1nc(CC2CC2)no1)c1ccccc1. The molecule has 1 fully saturated rings. The van der Waals surface area contributed by atoms with Crippen molar-refractivity contribution in [2.45, 2.75) is 31.8 Å². The van der Waals surface area contributed by atoms with E-state index < -0.39 is 6.10 Å². The van der Waals surface area contributed by atoms with Crippen molar-refractivity contribution in [3.63, 3.8) is 0 Å². The maximum absolute atomic E-state index is 10.0. The Morgan fingerprint density at radius 2 is 2.06 bits per heavy atom. The van der Waals surface area contributed by atoms with Gasteiger partial charge >= 0.3 is 0 Å². The van der Waals surface area contributed by atoms with Gasteiger partial charge in [0.1, 0.15) is 0 Å². The standard InChI is InChI=1S/C14H16N2O2/c17-12(11-4-2-1-3-5-11)9-14-15-13(16-18-14)8-10-6-7-10/h1-5,10,12,17H,6-9H2. The van der Waals surface area contributed by atoms with E-state index in [4.69, 9.17) is 4.52 Å². The summed E-state index contributed by atoms with van der Waals surface area (Å²) in [6.07, 6.45) is 3.25. The number of aliphatic hydroxyl groups is 1. The van der Waals surface area contributed by atoms with E-state index in [-0.39, 0.29) is 0 Å². The lowest BCUT2D eigenvalue weighted by Crippen LogP contribution is -2.02. The molecule has 1 N–H and O–H groups in total. The van der Waals surface area contributed by atoms with Crippen LogP contribution in [0.15, 0.2) is 34.9 Å². The molecule has 1 unspecified atom stereocenters. The smallest absolute Gasteiger partial charge is 0.229 e. The Morgan fingerprint density at radius 3 is 2.78 bits per heavy atom. The first-order valence-electron chi connectivity index (χ1n) is 6.36.